The van der Waals surface area contributed by atoms with E-state index < -0.39 is 0 Å². The number of rotatable bonds is 3. The fourth-order valence-corrected chi connectivity index (χ4v) is 7.01. The molecule has 26 heavy (non-hydrogen) atoms. The number of hydrogen-bond donors (Lipinski definition) is 1. The van der Waals surface area contributed by atoms with Crippen LogP contribution in [0.4, 0.5) is 0 Å². The van der Waals surface area contributed by atoms with E-state index in [2.05, 4.69) is 48.5 Å². The molecule has 0 amide bonds. The summed E-state index contributed by atoms with van der Waals surface area (Å²) < 4.78 is 6.77. The van der Waals surface area contributed by atoms with E-state index in [4.69, 9.17) is 4.74 Å². The molecule has 3 aliphatic rings. The molecule has 2 heteroatoms. The third-order valence-electron chi connectivity index (χ3n) is 8.01. The topological polar surface area (TPSA) is 29.5 Å². The molecule has 0 aromatic rings. The lowest BCUT2D eigenvalue weighted by atomic mass is 9.60. The quantitative estimate of drug-likeness (QED) is 0.673. The van der Waals surface area contributed by atoms with Gasteiger partial charge >= 0.3 is 0 Å². The molecule has 1 N–H and O–H groups in total. The molecule has 9 unspecified atom stereocenters. The number of hydrogen-bond acceptors (Lipinski definition) is 2. The predicted octanol–water partition coefficient (Wildman–Crippen LogP) is 5.92. The molecule has 0 radical (unpaired) electrons. The van der Waals surface area contributed by atoms with Crippen molar-refractivity contribution in [2.45, 2.75) is 105 Å². The second-order valence-corrected chi connectivity index (χ2v) is 11.5. The van der Waals surface area contributed by atoms with Gasteiger partial charge in [-0.25, -0.2) is 0 Å². The first-order valence-corrected chi connectivity index (χ1v) is 11.4. The van der Waals surface area contributed by atoms with Crippen molar-refractivity contribution in [2.24, 2.45) is 47.3 Å². The summed E-state index contributed by atoms with van der Waals surface area (Å²) in [5, 5.41) is 10.8. The predicted molar refractivity (Wildman–Crippen MR) is 109 cm³/mol. The van der Waals surface area contributed by atoms with Crippen molar-refractivity contribution in [3.05, 3.63) is 0 Å². The van der Waals surface area contributed by atoms with Gasteiger partial charge in [0.1, 0.15) is 0 Å². The summed E-state index contributed by atoms with van der Waals surface area (Å²) in [6.07, 6.45) is 7.66. The number of aliphatic hydroxyl groups is 1. The third kappa shape index (κ3) is 4.32. The van der Waals surface area contributed by atoms with Crippen LogP contribution >= 0.6 is 0 Å². The number of aliphatic hydroxyl groups excluding tert-OH is 1. The second-order valence-electron chi connectivity index (χ2n) is 11.5. The van der Waals surface area contributed by atoms with Crippen molar-refractivity contribution < 1.29 is 9.84 Å². The highest BCUT2D eigenvalue weighted by Gasteiger charge is 2.50. The van der Waals surface area contributed by atoms with E-state index in [-0.39, 0.29) is 11.7 Å². The molecule has 3 rings (SSSR count). The minimum Gasteiger partial charge on any atom is -0.393 e. The maximum atomic E-state index is 10.8. The van der Waals surface area contributed by atoms with Crippen LogP contribution in [0, 0.1) is 47.3 Å². The first kappa shape index (κ1) is 20.6. The molecule has 0 bridgehead atoms. The highest BCUT2D eigenvalue weighted by Crippen LogP contribution is 2.51. The van der Waals surface area contributed by atoms with Gasteiger partial charge in [0.25, 0.3) is 0 Å². The van der Waals surface area contributed by atoms with Crippen molar-refractivity contribution in [3.8, 4) is 0 Å². The molecule has 1 heterocycles. The van der Waals surface area contributed by atoms with E-state index >= 15 is 0 Å². The van der Waals surface area contributed by atoms with Gasteiger partial charge in [-0.1, -0.05) is 34.6 Å². The van der Waals surface area contributed by atoms with Crippen molar-refractivity contribution >= 4 is 0 Å². The van der Waals surface area contributed by atoms with Gasteiger partial charge in [0.05, 0.1) is 17.8 Å². The van der Waals surface area contributed by atoms with Crippen LogP contribution in [0.15, 0.2) is 0 Å². The molecule has 3 fully saturated rings. The van der Waals surface area contributed by atoms with Crippen LogP contribution in [0.25, 0.3) is 0 Å². The lowest BCUT2D eigenvalue weighted by molar-refractivity contribution is -0.205. The monoisotopic (exact) mass is 364 g/mol. The maximum Gasteiger partial charge on any atom is 0.0641 e. The van der Waals surface area contributed by atoms with Crippen LogP contribution in [-0.4, -0.2) is 22.9 Å². The van der Waals surface area contributed by atoms with E-state index in [9.17, 15) is 5.11 Å². The Hall–Kier alpha value is -0.0800. The average molecular weight is 365 g/mol. The van der Waals surface area contributed by atoms with Crippen LogP contribution in [-0.2, 0) is 4.74 Å². The Labute approximate surface area is 162 Å². The Kier molecular flexibility index (Phi) is 6.15. The molecule has 1 aliphatic heterocycles. The van der Waals surface area contributed by atoms with E-state index in [0.29, 0.717) is 29.8 Å². The Morgan fingerprint density at radius 2 is 1.58 bits per heavy atom. The zero-order valence-electron chi connectivity index (χ0n) is 18.4. The molecule has 1 saturated heterocycles. The van der Waals surface area contributed by atoms with Crippen LogP contribution < -0.4 is 0 Å². The zero-order chi connectivity index (χ0) is 19.2. The summed E-state index contributed by atoms with van der Waals surface area (Å²) in [5.41, 5.74) is 0.000690. The van der Waals surface area contributed by atoms with Gasteiger partial charge in [-0.3, -0.25) is 0 Å². The minimum atomic E-state index is -0.112. The summed E-state index contributed by atoms with van der Waals surface area (Å²) in [6.45, 7) is 16.5. The van der Waals surface area contributed by atoms with E-state index in [1.165, 1.54) is 38.5 Å². The van der Waals surface area contributed by atoms with Crippen LogP contribution in [0.2, 0.25) is 0 Å². The summed E-state index contributed by atoms with van der Waals surface area (Å²) in [5.74, 6) is 5.32. The summed E-state index contributed by atoms with van der Waals surface area (Å²) >= 11 is 0. The van der Waals surface area contributed by atoms with Gasteiger partial charge in [-0.15, -0.1) is 0 Å². The van der Waals surface area contributed by atoms with Gasteiger partial charge in [-0.05, 0) is 99.7 Å². The first-order chi connectivity index (χ1) is 12.1. The Morgan fingerprint density at radius 1 is 0.962 bits per heavy atom. The fourth-order valence-electron chi connectivity index (χ4n) is 7.01. The maximum absolute atomic E-state index is 10.8. The number of ether oxygens (including phenoxy) is 1. The lowest BCUT2D eigenvalue weighted by Crippen LogP contribution is -2.54. The number of fused-ring (bicyclic) bond motifs is 1. The highest BCUT2D eigenvalue weighted by molar-refractivity contribution is 4.98. The third-order valence-corrected chi connectivity index (χ3v) is 8.01. The smallest absolute Gasteiger partial charge is 0.0641 e. The van der Waals surface area contributed by atoms with Crippen molar-refractivity contribution in [1.29, 1.82) is 0 Å². The standard InChI is InChI=1S/C24H44O2/c1-14(2)21-13-24(6,7)26-23-19(10-16(4)11-20(21)23)12-18-9-15(3)8-17(5)22(18)25/h14-23,25H,8-13H2,1-7H3. The highest BCUT2D eigenvalue weighted by atomic mass is 16.5. The van der Waals surface area contributed by atoms with Crippen LogP contribution in [0.5, 0.6) is 0 Å². The molecule has 9 atom stereocenters. The van der Waals surface area contributed by atoms with E-state index in [0.717, 1.165) is 23.7 Å². The second kappa shape index (κ2) is 7.74. The zero-order valence-corrected chi connectivity index (χ0v) is 18.4. The van der Waals surface area contributed by atoms with E-state index in [1.54, 1.807) is 0 Å². The normalized spacial score (nSPS) is 49.0. The van der Waals surface area contributed by atoms with Crippen LogP contribution in [0.3, 0.4) is 0 Å². The molecule has 0 aromatic heterocycles. The summed E-state index contributed by atoms with van der Waals surface area (Å²) in [4.78, 5) is 0. The van der Waals surface area contributed by atoms with Gasteiger partial charge in [0.15, 0.2) is 0 Å². The lowest BCUT2D eigenvalue weighted by Gasteiger charge is -2.54. The SMILES string of the molecule is CC1CC(C)C(O)C(CC2CC(C)CC3C(C(C)C)CC(C)(C)OC23)C1. The molecule has 0 spiro atoms. The summed E-state index contributed by atoms with van der Waals surface area (Å²) in [7, 11) is 0. The van der Waals surface area contributed by atoms with Gasteiger partial charge in [-0.2, -0.15) is 0 Å². The molecule has 0 aromatic carbocycles. The molecule has 2 nitrogen and oxygen atoms in total. The van der Waals surface area contributed by atoms with Gasteiger partial charge in [0, 0.05) is 0 Å². The van der Waals surface area contributed by atoms with Gasteiger partial charge in [0.2, 0.25) is 0 Å². The van der Waals surface area contributed by atoms with Crippen molar-refractivity contribution in [3.63, 3.8) is 0 Å². The minimum absolute atomic E-state index is 0.000690. The summed E-state index contributed by atoms with van der Waals surface area (Å²) in [6, 6.07) is 0. The Balaban J connectivity index is 1.79. The molecule has 152 valence electrons. The van der Waals surface area contributed by atoms with Gasteiger partial charge < -0.3 is 9.84 Å². The Bertz CT molecular complexity index is 471. The largest absolute Gasteiger partial charge is 0.393 e. The fraction of sp³-hybridized carbons (Fsp3) is 1.00. The van der Waals surface area contributed by atoms with Crippen molar-refractivity contribution in [1.82, 2.24) is 0 Å². The van der Waals surface area contributed by atoms with Crippen LogP contribution in [0.1, 0.15) is 87.0 Å². The molecule has 2 aliphatic carbocycles. The Morgan fingerprint density at radius 3 is 2.23 bits per heavy atom. The first-order valence-electron chi connectivity index (χ1n) is 11.4. The molecular formula is C24H44O2. The average Bonchev–Trinajstić information content (AvgIpc) is 2.51. The van der Waals surface area contributed by atoms with Crippen molar-refractivity contribution in [2.75, 3.05) is 0 Å². The molecule has 2 saturated carbocycles. The molecular weight excluding hydrogens is 320 g/mol. The van der Waals surface area contributed by atoms with E-state index in [1.807, 2.05) is 0 Å².